The third-order valence-electron chi connectivity index (χ3n) is 6.07. The summed E-state index contributed by atoms with van der Waals surface area (Å²) in [6.45, 7) is 5.20. The number of hydrogen-bond acceptors (Lipinski definition) is 9. The number of benzene rings is 1. The number of ether oxygens (including phenoxy) is 1. The van der Waals surface area contributed by atoms with Crippen LogP contribution in [0.1, 0.15) is 50.2 Å². The highest BCUT2D eigenvalue weighted by Gasteiger charge is 2.39. The Hall–Kier alpha value is -2.94. The molecule has 5 rings (SSSR count). The van der Waals surface area contributed by atoms with Crippen LogP contribution in [0.5, 0.6) is 0 Å². The maximum atomic E-state index is 13.1. The van der Waals surface area contributed by atoms with Gasteiger partial charge in [0.15, 0.2) is 0 Å². The van der Waals surface area contributed by atoms with Crippen molar-refractivity contribution in [3.05, 3.63) is 70.3 Å². The van der Waals surface area contributed by atoms with Gasteiger partial charge in [0.05, 0.1) is 27.7 Å². The van der Waals surface area contributed by atoms with E-state index in [0.717, 1.165) is 10.1 Å². The number of carbonyl (C=O) groups excluding carboxylic acids is 1. The zero-order valence-corrected chi connectivity index (χ0v) is 25.4. The highest BCUT2D eigenvalue weighted by atomic mass is 35.5. The fraction of sp³-hybridized carbons (Fsp3) is 0.296. The maximum Gasteiger partial charge on any atom is 0.413 e. The Balaban J connectivity index is 1.59. The summed E-state index contributed by atoms with van der Waals surface area (Å²) in [7, 11) is -3.71. The first kappa shape index (κ1) is 29.5. The normalized spacial score (nSPS) is 15.4. The number of carbonyl (C=O) groups is 1. The number of thiophene rings is 1. The average molecular weight is 634 g/mol. The molecule has 216 valence electrons. The minimum atomic E-state index is -3.71. The zero-order chi connectivity index (χ0) is 29.5. The molecule has 0 aliphatic heterocycles. The van der Waals surface area contributed by atoms with Gasteiger partial charge in [0.1, 0.15) is 11.4 Å². The second kappa shape index (κ2) is 11.4. The Morgan fingerprint density at radius 3 is 2.63 bits per heavy atom. The predicted octanol–water partition coefficient (Wildman–Crippen LogP) is 5.77. The van der Waals surface area contributed by atoms with Gasteiger partial charge in [0.2, 0.25) is 10.0 Å². The Bertz CT molecular complexity index is 1770. The molecule has 1 aliphatic rings. The molecule has 1 aliphatic carbocycles. The molecule has 2 atom stereocenters. The fourth-order valence-electron chi connectivity index (χ4n) is 4.11. The van der Waals surface area contributed by atoms with Gasteiger partial charge in [-0.25, -0.2) is 22.9 Å². The van der Waals surface area contributed by atoms with E-state index in [4.69, 9.17) is 16.3 Å². The number of nitrogens with zero attached hydrogens (tertiary/aromatic N) is 2. The van der Waals surface area contributed by atoms with Crippen LogP contribution < -0.4 is 10.0 Å². The van der Waals surface area contributed by atoms with Crippen molar-refractivity contribution < 1.29 is 26.7 Å². The molecule has 41 heavy (non-hydrogen) atoms. The lowest BCUT2D eigenvalue weighted by Gasteiger charge is -2.21. The molecule has 0 radical (unpaired) electrons. The van der Waals surface area contributed by atoms with Crippen LogP contribution in [0.3, 0.4) is 0 Å². The van der Waals surface area contributed by atoms with Crippen molar-refractivity contribution in [1.29, 1.82) is 0 Å². The molecule has 2 unspecified atom stereocenters. The largest absolute Gasteiger partial charge is 0.768 e. The van der Waals surface area contributed by atoms with Crippen molar-refractivity contribution in [2.45, 2.75) is 55.4 Å². The molecule has 1 saturated carbocycles. The molecule has 1 amide bonds. The number of pyridine rings is 2. The van der Waals surface area contributed by atoms with Gasteiger partial charge in [-0.15, -0.1) is 11.3 Å². The van der Waals surface area contributed by atoms with Gasteiger partial charge in [-0.2, -0.15) is 0 Å². The number of sulfonamides is 1. The van der Waals surface area contributed by atoms with Gasteiger partial charge in [0.25, 0.3) is 0 Å². The molecule has 0 spiro atoms. The van der Waals surface area contributed by atoms with Crippen molar-refractivity contribution in [2.24, 2.45) is 0 Å². The summed E-state index contributed by atoms with van der Waals surface area (Å²) in [6.07, 6.45) is 1.83. The smallest absolute Gasteiger partial charge is 0.413 e. The van der Waals surface area contributed by atoms with E-state index in [-0.39, 0.29) is 21.4 Å². The molecule has 3 aromatic heterocycles. The number of halogens is 1. The van der Waals surface area contributed by atoms with Crippen molar-refractivity contribution in [2.75, 3.05) is 5.32 Å². The van der Waals surface area contributed by atoms with E-state index in [9.17, 15) is 22.0 Å². The van der Waals surface area contributed by atoms with Crippen molar-refractivity contribution in [3.63, 3.8) is 0 Å². The SMILES string of the molecule is CC(C)(C)OC(=O)Nc1ccc(Cl)c(C(NS(=O)(=O)C2CC2)c2cc3cccc(-c4cc(S(=O)[O-])ccn4)c3s2)n1. The summed E-state index contributed by atoms with van der Waals surface area (Å²) in [5, 5.41) is 3.08. The minimum Gasteiger partial charge on any atom is -0.768 e. The number of hydrogen-bond donors (Lipinski definition) is 2. The van der Waals surface area contributed by atoms with E-state index in [1.54, 1.807) is 20.8 Å². The third kappa shape index (κ3) is 6.93. The molecule has 1 fully saturated rings. The van der Waals surface area contributed by atoms with Gasteiger partial charge < -0.3 is 9.29 Å². The Labute approximate surface area is 248 Å². The molecule has 3 heterocycles. The molecular formula is C27H26ClN4O6S3-. The summed E-state index contributed by atoms with van der Waals surface area (Å²) in [4.78, 5) is 22.0. The highest BCUT2D eigenvalue weighted by Crippen LogP contribution is 2.41. The van der Waals surface area contributed by atoms with Crippen LogP contribution in [0.25, 0.3) is 21.3 Å². The van der Waals surface area contributed by atoms with Gasteiger partial charge in [-0.05, 0) is 80.4 Å². The van der Waals surface area contributed by atoms with Gasteiger partial charge in [0, 0.05) is 26.2 Å². The number of nitrogens with one attached hydrogen (secondary N) is 2. The number of fused-ring (bicyclic) bond motifs is 1. The lowest BCUT2D eigenvalue weighted by atomic mass is 10.1. The van der Waals surface area contributed by atoms with E-state index in [2.05, 4.69) is 20.0 Å². The van der Waals surface area contributed by atoms with Crippen molar-refractivity contribution in [1.82, 2.24) is 14.7 Å². The standard InChI is InChI=1S/C27H27ClN4O6S3/c1-27(2,3)38-26(33)31-22-10-9-19(28)23(30-22)24(32-41(36,37)17-7-8-17)21-13-15-5-4-6-18(25(15)39-21)20-14-16(40(34)35)11-12-29-20/h4-6,9-14,17,24,32H,7-8H2,1-3H3,(H,34,35)(H,30,31,33)/p-1. The molecule has 0 bridgehead atoms. The Morgan fingerprint density at radius 1 is 1.20 bits per heavy atom. The monoisotopic (exact) mass is 633 g/mol. The lowest BCUT2D eigenvalue weighted by Crippen LogP contribution is -2.32. The molecule has 14 heteroatoms. The molecule has 2 N–H and O–H groups in total. The van der Waals surface area contributed by atoms with E-state index in [1.165, 1.54) is 41.8 Å². The average Bonchev–Trinajstić information content (AvgIpc) is 3.67. The first-order valence-electron chi connectivity index (χ1n) is 12.6. The highest BCUT2D eigenvalue weighted by molar-refractivity contribution is 7.90. The van der Waals surface area contributed by atoms with Crippen LogP contribution in [-0.2, 0) is 25.8 Å². The topological polar surface area (TPSA) is 150 Å². The zero-order valence-electron chi connectivity index (χ0n) is 22.2. The summed E-state index contributed by atoms with van der Waals surface area (Å²) in [5.74, 6) is 0.141. The minimum absolute atomic E-state index is 0.101. The fourth-order valence-corrected chi connectivity index (χ4v) is 7.54. The van der Waals surface area contributed by atoms with E-state index in [0.29, 0.717) is 29.0 Å². The molecular weight excluding hydrogens is 608 g/mol. The summed E-state index contributed by atoms with van der Waals surface area (Å²) >= 11 is 5.47. The summed E-state index contributed by atoms with van der Waals surface area (Å²) in [6, 6.07) is 12.3. The maximum absolute atomic E-state index is 13.1. The first-order chi connectivity index (χ1) is 19.3. The summed E-state index contributed by atoms with van der Waals surface area (Å²) < 4.78 is 58.3. The first-order valence-corrected chi connectivity index (χ1v) is 16.4. The van der Waals surface area contributed by atoms with Crippen LogP contribution in [-0.4, -0.2) is 44.1 Å². The van der Waals surface area contributed by atoms with Crippen LogP contribution >= 0.6 is 22.9 Å². The lowest BCUT2D eigenvalue weighted by molar-refractivity contribution is 0.0635. The number of anilines is 1. The molecule has 0 saturated heterocycles. The van der Waals surface area contributed by atoms with Gasteiger partial charge in [-0.3, -0.25) is 14.5 Å². The van der Waals surface area contributed by atoms with Gasteiger partial charge in [-0.1, -0.05) is 29.8 Å². The van der Waals surface area contributed by atoms with Crippen LogP contribution in [0.4, 0.5) is 10.6 Å². The van der Waals surface area contributed by atoms with Crippen molar-refractivity contribution >= 4 is 66.0 Å². The van der Waals surface area contributed by atoms with Crippen molar-refractivity contribution in [3.8, 4) is 11.3 Å². The quantitative estimate of drug-likeness (QED) is 0.232. The molecule has 10 nitrogen and oxygen atoms in total. The Morgan fingerprint density at radius 2 is 1.95 bits per heavy atom. The molecule has 1 aromatic carbocycles. The van der Waals surface area contributed by atoms with E-state index >= 15 is 0 Å². The van der Waals surface area contributed by atoms with Crippen LogP contribution in [0.2, 0.25) is 5.02 Å². The van der Waals surface area contributed by atoms with Crippen LogP contribution in [0, 0.1) is 0 Å². The molecule has 4 aromatic rings. The number of aromatic nitrogens is 2. The third-order valence-corrected chi connectivity index (χ3v) is 10.2. The Kier molecular flexibility index (Phi) is 8.21. The van der Waals surface area contributed by atoms with Crippen LogP contribution in [0.15, 0.2) is 59.6 Å². The van der Waals surface area contributed by atoms with Gasteiger partial charge >= 0.3 is 6.09 Å². The van der Waals surface area contributed by atoms with E-state index < -0.39 is 44.1 Å². The van der Waals surface area contributed by atoms with E-state index in [1.807, 2.05) is 24.3 Å². The summed E-state index contributed by atoms with van der Waals surface area (Å²) in [5.41, 5.74) is 0.627. The number of amides is 1. The second-order valence-corrected chi connectivity index (χ2v) is 14.9. The second-order valence-electron chi connectivity index (χ2n) is 10.5. The predicted molar refractivity (Wildman–Crippen MR) is 158 cm³/mol. The number of rotatable bonds is 8.